The summed E-state index contributed by atoms with van der Waals surface area (Å²) in [5.41, 5.74) is 0. The number of ether oxygens (including phenoxy) is 29. The van der Waals surface area contributed by atoms with Crippen LogP contribution in [0.2, 0.25) is 0 Å². The van der Waals surface area contributed by atoms with Crippen LogP contribution in [-0.2, 0) is 157 Å². The molecule has 8 heterocycles. The number of carbonyl (C=O) groups excluding carboxylic acids is 4. The van der Waals surface area contributed by atoms with E-state index < -0.39 is 175 Å². The highest BCUT2D eigenvalue weighted by Crippen LogP contribution is 2.27. The molecule has 0 aromatic rings. The lowest BCUT2D eigenvalue weighted by Gasteiger charge is -2.36. The standard InChI is InChI=1S/C75H131N3O33/c1-68(2)96-34-56(35-97-68)88-26-52(27-89-57-36-98-69(3,4)99-37-57)84-22-50(23-85-53(28-90-58-38-100-70(5,6)101-39-58)29-91-59-40-102-71(7,8)103-41-59)76-64(79)20-78(66(81)18-19-67(82)83-17)21-65(80)77-51(24-86-54(30-92-60-42-104-72(9,10)105-43-60)31-93-61-44-106-73(11,12)107-45-61)25-87-55(32-94-62-46-108-74(13,14)109-47-62)33-95-63-48-110-75(15,16)111-49-63/h50-63H,18-49H2,1-17H3,(H,76,79)(H,77,80). The summed E-state index contributed by atoms with van der Waals surface area (Å²) in [6, 6.07) is -2.00. The summed E-state index contributed by atoms with van der Waals surface area (Å²) < 4.78 is 177. The zero-order valence-corrected chi connectivity index (χ0v) is 68.6. The second-order valence-corrected chi connectivity index (χ2v) is 32.5. The van der Waals surface area contributed by atoms with Crippen LogP contribution in [0.25, 0.3) is 0 Å². The smallest absolute Gasteiger partial charge is 0.306 e. The van der Waals surface area contributed by atoms with Crippen LogP contribution >= 0.6 is 0 Å². The molecule has 111 heavy (non-hydrogen) atoms. The Balaban J connectivity index is 1.03. The molecule has 36 heteroatoms. The molecular weight excluding hydrogens is 1470 g/mol. The molecule has 0 atom stereocenters. The van der Waals surface area contributed by atoms with E-state index in [2.05, 4.69) is 10.6 Å². The highest BCUT2D eigenvalue weighted by molar-refractivity contribution is 5.90. The van der Waals surface area contributed by atoms with E-state index in [1.165, 1.54) is 7.11 Å². The van der Waals surface area contributed by atoms with Crippen molar-refractivity contribution in [3.05, 3.63) is 0 Å². The van der Waals surface area contributed by atoms with Crippen LogP contribution in [0.3, 0.4) is 0 Å². The fourth-order valence-corrected chi connectivity index (χ4v) is 11.6. The highest BCUT2D eigenvalue weighted by Gasteiger charge is 2.39. The molecule has 36 nitrogen and oxygen atoms in total. The van der Waals surface area contributed by atoms with Gasteiger partial charge in [0, 0.05) is 6.42 Å². The summed E-state index contributed by atoms with van der Waals surface area (Å²) in [6.45, 7) is 30.7. The Morgan fingerprint density at radius 2 is 0.459 bits per heavy atom. The zero-order chi connectivity index (χ0) is 80.5. The normalized spacial score (nSPS) is 23.8. The minimum atomic E-state index is -0.998. The van der Waals surface area contributed by atoms with Crippen LogP contribution in [0.4, 0.5) is 0 Å². The third-order valence-corrected chi connectivity index (χ3v) is 18.7. The Morgan fingerprint density at radius 1 is 0.288 bits per heavy atom. The number of esters is 1. The van der Waals surface area contributed by atoms with Crippen molar-refractivity contribution >= 4 is 23.7 Å². The minimum absolute atomic E-state index is 0.00488. The topological polar surface area (TPSA) is 363 Å². The molecule has 0 aromatic carbocycles. The molecule has 0 radical (unpaired) electrons. The third kappa shape index (κ3) is 36.3. The number of carbonyl (C=O) groups is 4. The van der Waals surface area contributed by atoms with Crippen LogP contribution in [0, 0.1) is 0 Å². The summed E-state index contributed by atoms with van der Waals surface area (Å²) >= 11 is 0. The molecule has 8 saturated heterocycles. The fourth-order valence-electron chi connectivity index (χ4n) is 11.6. The predicted molar refractivity (Wildman–Crippen MR) is 386 cm³/mol. The first-order valence-electron chi connectivity index (χ1n) is 38.9. The van der Waals surface area contributed by atoms with Crippen LogP contribution < -0.4 is 10.6 Å². The number of hydrogen-bond acceptors (Lipinski definition) is 33. The van der Waals surface area contributed by atoms with Crippen molar-refractivity contribution in [2.75, 3.05) is 205 Å². The van der Waals surface area contributed by atoms with Gasteiger partial charge in [-0.2, -0.15) is 0 Å². The van der Waals surface area contributed by atoms with Crippen LogP contribution in [0.5, 0.6) is 0 Å². The molecule has 0 spiro atoms. The van der Waals surface area contributed by atoms with E-state index in [4.69, 9.17) is 137 Å². The van der Waals surface area contributed by atoms with Gasteiger partial charge in [0.05, 0.1) is 211 Å². The molecule has 2 N–H and O–H groups in total. The Kier molecular flexibility index (Phi) is 37.0. The monoisotopic (exact) mass is 1600 g/mol. The molecule has 8 aliphatic rings. The Labute approximate surface area is 653 Å². The molecule has 8 fully saturated rings. The molecule has 0 aromatic heterocycles. The molecule has 0 unspecified atom stereocenters. The van der Waals surface area contributed by atoms with E-state index in [9.17, 15) is 19.2 Å². The molecule has 8 aliphatic heterocycles. The molecule has 644 valence electrons. The lowest BCUT2D eigenvalue weighted by Crippen LogP contribution is -2.52. The Bertz CT molecular complexity index is 2250. The van der Waals surface area contributed by atoms with Crippen LogP contribution in [0.15, 0.2) is 0 Å². The van der Waals surface area contributed by atoms with Gasteiger partial charge in [-0.3, -0.25) is 19.2 Å². The van der Waals surface area contributed by atoms with Crippen molar-refractivity contribution in [2.24, 2.45) is 0 Å². The van der Waals surface area contributed by atoms with E-state index in [-0.39, 0.29) is 191 Å². The van der Waals surface area contributed by atoms with Crippen molar-refractivity contribution < 1.29 is 157 Å². The van der Waals surface area contributed by atoms with Crippen molar-refractivity contribution in [2.45, 2.75) is 255 Å². The van der Waals surface area contributed by atoms with Crippen molar-refractivity contribution in [3.8, 4) is 0 Å². The maximum absolute atomic E-state index is 15.0. The molecular formula is C75H131N3O33. The minimum Gasteiger partial charge on any atom is -0.469 e. The fraction of sp³-hybridized carbons (Fsp3) is 0.947. The van der Waals surface area contributed by atoms with E-state index in [0.29, 0.717) is 0 Å². The first kappa shape index (κ1) is 93.3. The molecule has 0 bridgehead atoms. The number of methoxy groups -OCH3 is 1. The average molecular weight is 1600 g/mol. The molecule has 3 amide bonds. The molecule has 8 rings (SSSR count). The quantitative estimate of drug-likeness (QED) is 0.0827. The Hall–Kier alpha value is -3.24. The van der Waals surface area contributed by atoms with Gasteiger partial charge in [-0.05, 0) is 111 Å². The first-order valence-corrected chi connectivity index (χ1v) is 38.9. The van der Waals surface area contributed by atoms with Crippen molar-refractivity contribution in [3.63, 3.8) is 0 Å². The van der Waals surface area contributed by atoms with Crippen LogP contribution in [-0.4, -0.2) is 365 Å². The first-order chi connectivity index (χ1) is 52.3. The number of hydrogen-bond donors (Lipinski definition) is 2. The van der Waals surface area contributed by atoms with Gasteiger partial charge < -0.3 is 153 Å². The number of rotatable bonds is 45. The number of nitrogens with one attached hydrogen (secondary N) is 2. The zero-order valence-electron chi connectivity index (χ0n) is 68.6. The van der Waals surface area contributed by atoms with Crippen molar-refractivity contribution in [1.29, 1.82) is 0 Å². The van der Waals surface area contributed by atoms with Crippen molar-refractivity contribution in [1.82, 2.24) is 15.5 Å². The predicted octanol–water partition coefficient (Wildman–Crippen LogP) is 2.62. The highest BCUT2D eigenvalue weighted by atomic mass is 16.8. The van der Waals surface area contributed by atoms with E-state index in [1.54, 1.807) is 0 Å². The van der Waals surface area contributed by atoms with Gasteiger partial charge in [0.25, 0.3) is 0 Å². The van der Waals surface area contributed by atoms with Crippen LogP contribution in [0.1, 0.15) is 124 Å². The number of nitrogens with zero attached hydrogens (tertiary/aromatic N) is 1. The maximum Gasteiger partial charge on any atom is 0.306 e. The lowest BCUT2D eigenvalue weighted by molar-refractivity contribution is -0.288. The van der Waals surface area contributed by atoms with E-state index in [1.807, 2.05) is 111 Å². The van der Waals surface area contributed by atoms with E-state index in [0.717, 1.165) is 4.90 Å². The second-order valence-electron chi connectivity index (χ2n) is 32.5. The summed E-state index contributed by atoms with van der Waals surface area (Å²) in [4.78, 5) is 58.3. The van der Waals surface area contributed by atoms with Gasteiger partial charge in [0.15, 0.2) is 46.3 Å². The van der Waals surface area contributed by atoms with Gasteiger partial charge in [-0.15, -0.1) is 0 Å². The van der Waals surface area contributed by atoms with Gasteiger partial charge >= 0.3 is 5.97 Å². The molecule has 0 saturated carbocycles. The summed E-state index contributed by atoms with van der Waals surface area (Å²) in [5, 5.41) is 6.01. The van der Waals surface area contributed by atoms with E-state index >= 15 is 0 Å². The average Bonchev–Trinajstić information content (AvgIpc) is 0.886. The largest absolute Gasteiger partial charge is 0.469 e. The Morgan fingerprint density at radius 3 is 0.622 bits per heavy atom. The van der Waals surface area contributed by atoms with Gasteiger partial charge in [0.1, 0.15) is 86.3 Å². The lowest BCUT2D eigenvalue weighted by atomic mass is 10.2. The molecule has 0 aliphatic carbocycles. The number of amides is 3. The summed E-state index contributed by atoms with van der Waals surface area (Å²) in [7, 11) is 1.19. The summed E-state index contributed by atoms with van der Waals surface area (Å²) in [5.74, 6) is -9.36. The van der Waals surface area contributed by atoms with Gasteiger partial charge in [-0.25, -0.2) is 0 Å². The SMILES string of the molecule is COC(=O)CCC(=O)N(CC(=O)NC(COC(COC1COC(C)(C)OC1)COC1COC(C)(C)OC1)COC(COC1COC(C)(C)OC1)COC1COC(C)(C)OC1)CC(=O)NC(COC(COC1COC(C)(C)OC1)COC1COC(C)(C)OC1)COC(COC1COC(C)(C)OC1)COC1COC(C)(C)OC1. The maximum atomic E-state index is 15.0. The van der Waals surface area contributed by atoms with Gasteiger partial charge in [-0.1, -0.05) is 0 Å². The second kappa shape index (κ2) is 44.0. The van der Waals surface area contributed by atoms with Gasteiger partial charge in [0.2, 0.25) is 17.7 Å². The third-order valence-electron chi connectivity index (χ3n) is 18.7. The summed E-state index contributed by atoms with van der Waals surface area (Å²) in [6.07, 6.45) is -7.60.